The van der Waals surface area contributed by atoms with Crippen molar-refractivity contribution in [1.29, 1.82) is 0 Å². The van der Waals surface area contributed by atoms with Gasteiger partial charge in [0.25, 0.3) is 0 Å². The van der Waals surface area contributed by atoms with Gasteiger partial charge < -0.3 is 9.47 Å². The van der Waals surface area contributed by atoms with Crippen LogP contribution in [0.4, 0.5) is 17.1 Å². The highest BCUT2D eigenvalue weighted by atomic mass is 15.1. The van der Waals surface area contributed by atoms with E-state index in [0.29, 0.717) is 5.92 Å². The van der Waals surface area contributed by atoms with Crippen LogP contribution in [0.2, 0.25) is 0 Å². The van der Waals surface area contributed by atoms with E-state index in [-0.39, 0.29) is 5.41 Å². The van der Waals surface area contributed by atoms with Crippen molar-refractivity contribution in [3.05, 3.63) is 193 Å². The molecule has 0 atom stereocenters. The van der Waals surface area contributed by atoms with Crippen molar-refractivity contribution in [3.8, 4) is 27.9 Å². The normalized spacial score (nSPS) is 23.3. The average Bonchev–Trinajstić information content (AvgIpc) is 3.85. The minimum Gasteiger partial charge on any atom is -0.309 e. The Balaban J connectivity index is 0.968. The smallest absolute Gasteiger partial charge is 0.0562 e. The molecule has 2 heteroatoms. The highest BCUT2D eigenvalue weighted by Gasteiger charge is 2.61. The summed E-state index contributed by atoms with van der Waals surface area (Å²) in [6, 6.07) is 67.7. The van der Waals surface area contributed by atoms with Crippen LogP contribution < -0.4 is 4.90 Å². The van der Waals surface area contributed by atoms with E-state index in [9.17, 15) is 0 Å². The summed E-state index contributed by atoms with van der Waals surface area (Å²) >= 11 is 0. The van der Waals surface area contributed by atoms with Gasteiger partial charge >= 0.3 is 0 Å². The van der Waals surface area contributed by atoms with Crippen LogP contribution >= 0.6 is 0 Å². The second kappa shape index (κ2) is 14.3. The Morgan fingerprint density at radius 1 is 0.453 bits per heavy atom. The molecule has 0 N–H and O–H groups in total. The van der Waals surface area contributed by atoms with Crippen molar-refractivity contribution < 1.29 is 0 Å². The summed E-state index contributed by atoms with van der Waals surface area (Å²) in [5, 5.41) is 5.11. The van der Waals surface area contributed by atoms with Gasteiger partial charge in [0, 0.05) is 32.9 Å². The van der Waals surface area contributed by atoms with Crippen molar-refractivity contribution in [2.45, 2.75) is 75.5 Å². The number of nitrogens with zero attached hydrogens (tertiary/aromatic N) is 2. The third kappa shape index (κ3) is 5.32. The second-order valence-corrected chi connectivity index (χ2v) is 20.3. The van der Waals surface area contributed by atoms with E-state index in [4.69, 9.17) is 0 Å². The van der Waals surface area contributed by atoms with Gasteiger partial charge in [-0.15, -0.1) is 0 Å². The number of benzene rings is 8. The summed E-state index contributed by atoms with van der Waals surface area (Å²) in [5.74, 6) is 4.00. The van der Waals surface area contributed by atoms with Crippen LogP contribution in [0.15, 0.2) is 176 Å². The van der Waals surface area contributed by atoms with E-state index in [1.165, 1.54) is 147 Å². The zero-order valence-electron chi connectivity index (χ0n) is 36.6. The number of hydrogen-bond acceptors (Lipinski definition) is 1. The predicted molar refractivity (Wildman–Crippen MR) is 267 cm³/mol. The molecule has 0 amide bonds. The highest BCUT2D eigenvalue weighted by Crippen LogP contribution is 2.69. The lowest BCUT2D eigenvalue weighted by atomic mass is 9.43. The molecular formula is C62H54N2. The van der Waals surface area contributed by atoms with Crippen molar-refractivity contribution in [2.24, 2.45) is 23.7 Å². The maximum Gasteiger partial charge on any atom is 0.0562 e. The van der Waals surface area contributed by atoms with E-state index in [1.54, 1.807) is 11.1 Å². The standard InChI is InChI=1S/C62H54N2/c1-3-14-42(15-4-1)43-28-31-48(32-29-43)64(60-27-13-26-59-61(60)54-19-8-10-24-58(54)63(59)47-16-5-2-6-17-47)57-25-12-21-50-49(20-11-22-53(50)57)44-30-33-52-51-18-7-9-23-55(51)62(56(52)39-44)45-35-40-34-41(37-45)38-46(62)36-40/h2,5-13,16-33,39-42,45-46H,1,3-4,14-15,34-38H2. The molecule has 5 saturated carbocycles. The SMILES string of the molecule is c1ccc(-n2c3ccccc3c3c(N(c4ccc(C5CCCCC5)cc4)c4cccc5c(-c6ccc7c(c6)C6(c8ccccc8-7)C7CC8CC(C7)CC6C8)cccc45)cccc32)cc1. The number of aromatic nitrogens is 1. The van der Waals surface area contributed by atoms with E-state index >= 15 is 0 Å². The van der Waals surface area contributed by atoms with Gasteiger partial charge in [0.2, 0.25) is 0 Å². The molecular weight excluding hydrogens is 773 g/mol. The first-order valence-corrected chi connectivity index (χ1v) is 24.5. The zero-order valence-corrected chi connectivity index (χ0v) is 36.6. The van der Waals surface area contributed by atoms with Crippen molar-refractivity contribution >= 4 is 49.6 Å². The fourth-order valence-corrected chi connectivity index (χ4v) is 14.8. The van der Waals surface area contributed by atoms with Gasteiger partial charge in [-0.3, -0.25) is 0 Å². The van der Waals surface area contributed by atoms with Gasteiger partial charge in [-0.25, -0.2) is 0 Å². The number of hydrogen-bond donors (Lipinski definition) is 0. The first kappa shape index (κ1) is 37.0. The van der Waals surface area contributed by atoms with Crippen LogP contribution in [0.25, 0.3) is 60.5 Å². The summed E-state index contributed by atoms with van der Waals surface area (Å²) in [4.78, 5) is 2.57. The Labute approximate surface area is 377 Å². The van der Waals surface area contributed by atoms with E-state index < -0.39 is 0 Å². The van der Waals surface area contributed by atoms with Gasteiger partial charge in [0.15, 0.2) is 0 Å². The van der Waals surface area contributed by atoms with E-state index in [0.717, 1.165) is 23.7 Å². The molecule has 64 heavy (non-hydrogen) atoms. The highest BCUT2D eigenvalue weighted by molar-refractivity contribution is 6.18. The molecule has 0 unspecified atom stereocenters. The number of rotatable bonds is 6. The molecule has 5 fully saturated rings. The fourth-order valence-electron chi connectivity index (χ4n) is 14.8. The minimum absolute atomic E-state index is 0.142. The minimum atomic E-state index is 0.142. The molecule has 0 radical (unpaired) electrons. The lowest BCUT2D eigenvalue weighted by Crippen LogP contribution is -2.55. The maximum absolute atomic E-state index is 2.67. The molecule has 2 nitrogen and oxygen atoms in total. The number of para-hydroxylation sites is 2. The summed E-state index contributed by atoms with van der Waals surface area (Å²) in [7, 11) is 0. The predicted octanol–water partition coefficient (Wildman–Crippen LogP) is 16.8. The first-order valence-electron chi connectivity index (χ1n) is 24.5. The summed E-state index contributed by atoms with van der Waals surface area (Å²) in [6.07, 6.45) is 13.7. The Morgan fingerprint density at radius 3 is 1.92 bits per heavy atom. The molecule has 1 spiro atoms. The Kier molecular flexibility index (Phi) is 8.28. The van der Waals surface area contributed by atoms with E-state index in [1.807, 2.05) is 0 Å². The zero-order chi connectivity index (χ0) is 41.9. The molecule has 9 aromatic rings. The topological polar surface area (TPSA) is 8.17 Å². The molecule has 6 aliphatic rings. The maximum atomic E-state index is 2.67. The number of anilines is 3. The van der Waals surface area contributed by atoms with Gasteiger partial charge in [0.05, 0.1) is 22.4 Å². The van der Waals surface area contributed by atoms with Gasteiger partial charge in [0.1, 0.15) is 0 Å². The quantitative estimate of drug-likeness (QED) is 0.162. The summed E-state index contributed by atoms with van der Waals surface area (Å²) in [5.41, 5.74) is 17.7. The van der Waals surface area contributed by atoms with Crippen LogP contribution in [-0.2, 0) is 5.41 Å². The van der Waals surface area contributed by atoms with Crippen LogP contribution in [0.5, 0.6) is 0 Å². The Morgan fingerprint density at radius 2 is 1.09 bits per heavy atom. The third-order valence-corrected chi connectivity index (χ3v) is 17.2. The van der Waals surface area contributed by atoms with Gasteiger partial charge in [-0.05, 0) is 173 Å². The molecule has 1 heterocycles. The summed E-state index contributed by atoms with van der Waals surface area (Å²) in [6.45, 7) is 0. The molecule has 312 valence electrons. The average molecular weight is 827 g/mol. The molecule has 0 aliphatic heterocycles. The van der Waals surface area contributed by atoms with Crippen molar-refractivity contribution in [2.75, 3.05) is 4.90 Å². The molecule has 6 aliphatic carbocycles. The first-order chi connectivity index (χ1) is 31.7. The van der Waals surface area contributed by atoms with Crippen molar-refractivity contribution in [3.63, 3.8) is 0 Å². The van der Waals surface area contributed by atoms with E-state index in [2.05, 4.69) is 185 Å². The van der Waals surface area contributed by atoms with Gasteiger partial charge in [-0.2, -0.15) is 0 Å². The third-order valence-electron chi connectivity index (χ3n) is 17.2. The molecule has 1 aromatic heterocycles. The molecule has 8 aromatic carbocycles. The van der Waals surface area contributed by atoms with Crippen LogP contribution in [-0.4, -0.2) is 4.57 Å². The van der Waals surface area contributed by atoms with Crippen LogP contribution in [0, 0.1) is 23.7 Å². The fraction of sp³-hybridized carbons (Fsp3) is 0.258. The molecule has 15 rings (SSSR count). The number of fused-ring (bicyclic) bond motifs is 7. The lowest BCUT2D eigenvalue weighted by Gasteiger charge is -2.61. The second-order valence-electron chi connectivity index (χ2n) is 20.3. The Bertz CT molecular complexity index is 3240. The van der Waals surface area contributed by atoms with Crippen LogP contribution in [0.1, 0.15) is 86.8 Å². The Hall–Kier alpha value is -6.38. The van der Waals surface area contributed by atoms with Gasteiger partial charge in [-0.1, -0.05) is 141 Å². The summed E-state index contributed by atoms with van der Waals surface area (Å²) < 4.78 is 2.45. The van der Waals surface area contributed by atoms with Crippen molar-refractivity contribution in [1.82, 2.24) is 4.57 Å². The molecule has 4 bridgehead atoms. The largest absolute Gasteiger partial charge is 0.309 e. The lowest BCUT2D eigenvalue weighted by molar-refractivity contribution is -0.0399. The molecule has 0 saturated heterocycles. The monoisotopic (exact) mass is 826 g/mol. The van der Waals surface area contributed by atoms with Crippen LogP contribution in [0.3, 0.4) is 0 Å².